The van der Waals surface area contributed by atoms with Crippen molar-refractivity contribution in [1.29, 1.82) is 0 Å². The maximum atomic E-state index is 6.36. The van der Waals surface area contributed by atoms with Gasteiger partial charge in [-0.1, -0.05) is 115 Å². The summed E-state index contributed by atoms with van der Waals surface area (Å²) in [4.78, 5) is 0. The van der Waals surface area contributed by atoms with Crippen LogP contribution in [0.5, 0.6) is 11.5 Å². The third-order valence-corrected chi connectivity index (χ3v) is 10.5. The number of ether oxygens (including phenoxy) is 1. The van der Waals surface area contributed by atoms with Gasteiger partial charge in [0.1, 0.15) is 0 Å². The van der Waals surface area contributed by atoms with Gasteiger partial charge in [0.05, 0.1) is 27.8 Å². The highest BCUT2D eigenvalue weighted by Gasteiger charge is 2.23. The van der Waals surface area contributed by atoms with Gasteiger partial charge >= 0.3 is 0 Å². The van der Waals surface area contributed by atoms with Gasteiger partial charge in [0, 0.05) is 27.2 Å². The monoisotopic (exact) mass is 650 g/mol. The number of hydrogen-bond donors (Lipinski definition) is 0. The van der Waals surface area contributed by atoms with Gasteiger partial charge in [0.15, 0.2) is 11.5 Å². The molecule has 3 heterocycles. The van der Waals surface area contributed by atoms with Crippen molar-refractivity contribution in [2.45, 2.75) is 0 Å². The number of hydrogen-bond acceptors (Lipinski definition) is 1. The SMILES string of the molecule is c1ccc(-c2ccc3c(c2)c2cc(-c4ccccc4)ccc2n3-c2cccc(-c3ccc4c(c3)c3cccc5c3n4-c3ccccc3O5)c2)cc1. The number of para-hydroxylation sites is 3. The first-order chi connectivity index (χ1) is 25.3. The van der Waals surface area contributed by atoms with Crippen LogP contribution in [-0.4, -0.2) is 9.13 Å². The molecule has 0 unspecified atom stereocenters. The Morgan fingerprint density at radius 1 is 0.314 bits per heavy atom. The van der Waals surface area contributed by atoms with Crippen LogP contribution in [0.15, 0.2) is 182 Å². The lowest BCUT2D eigenvalue weighted by molar-refractivity contribution is 0.476. The Balaban J connectivity index is 1.10. The summed E-state index contributed by atoms with van der Waals surface area (Å²) in [6.07, 6.45) is 0. The topological polar surface area (TPSA) is 19.1 Å². The van der Waals surface area contributed by atoms with E-state index in [4.69, 9.17) is 4.74 Å². The fourth-order valence-corrected chi connectivity index (χ4v) is 8.14. The minimum atomic E-state index is 0.879. The molecule has 8 aromatic carbocycles. The molecule has 238 valence electrons. The van der Waals surface area contributed by atoms with E-state index in [2.05, 4.69) is 179 Å². The van der Waals surface area contributed by atoms with Gasteiger partial charge in [-0.3, -0.25) is 0 Å². The Morgan fingerprint density at radius 3 is 1.47 bits per heavy atom. The number of fused-ring (bicyclic) bond motifs is 8. The molecule has 3 heteroatoms. The molecular formula is C48H30N2O. The van der Waals surface area contributed by atoms with Crippen LogP contribution in [0, 0.1) is 0 Å². The van der Waals surface area contributed by atoms with Crippen molar-refractivity contribution < 1.29 is 4.74 Å². The van der Waals surface area contributed by atoms with E-state index in [0.29, 0.717) is 0 Å². The summed E-state index contributed by atoms with van der Waals surface area (Å²) in [5.41, 5.74) is 14.1. The third-order valence-electron chi connectivity index (χ3n) is 10.5. The van der Waals surface area contributed by atoms with Crippen molar-refractivity contribution in [3.05, 3.63) is 182 Å². The minimum Gasteiger partial charge on any atom is -0.453 e. The van der Waals surface area contributed by atoms with Gasteiger partial charge in [0.25, 0.3) is 0 Å². The third kappa shape index (κ3) is 4.25. The van der Waals surface area contributed by atoms with Crippen LogP contribution >= 0.6 is 0 Å². The second-order valence-electron chi connectivity index (χ2n) is 13.4. The van der Waals surface area contributed by atoms with Gasteiger partial charge in [-0.2, -0.15) is 0 Å². The molecule has 0 aliphatic carbocycles. The Hall–Kier alpha value is -6.84. The van der Waals surface area contributed by atoms with Crippen LogP contribution in [0.2, 0.25) is 0 Å². The summed E-state index contributed by atoms with van der Waals surface area (Å²) in [5, 5.41) is 4.90. The standard InChI is InChI=1S/C48H30N2O/c1-3-11-31(12-4-1)34-21-24-42-40(28-34)41-29-35(32-13-5-2-6-14-32)22-25-43(41)49(42)37-16-9-15-33(27-37)36-23-26-44-39(30-36)38-17-10-20-47-48(38)50(44)45-18-7-8-19-46(45)51-47/h1-30H. The fraction of sp³-hybridized carbons (Fsp3) is 0. The zero-order chi connectivity index (χ0) is 33.5. The Bertz CT molecular complexity index is 2890. The quantitative estimate of drug-likeness (QED) is 0.185. The van der Waals surface area contributed by atoms with Crippen LogP contribution in [0.3, 0.4) is 0 Å². The molecule has 0 radical (unpaired) electrons. The lowest BCUT2D eigenvalue weighted by atomic mass is 10.0. The predicted molar refractivity (Wildman–Crippen MR) is 212 cm³/mol. The normalized spacial score (nSPS) is 12.1. The highest BCUT2D eigenvalue weighted by molar-refractivity contribution is 6.14. The van der Waals surface area contributed by atoms with Gasteiger partial charge < -0.3 is 13.9 Å². The maximum Gasteiger partial charge on any atom is 0.152 e. The first kappa shape index (κ1) is 28.0. The van der Waals surface area contributed by atoms with Gasteiger partial charge in [0.2, 0.25) is 0 Å². The highest BCUT2D eigenvalue weighted by Crippen LogP contribution is 2.46. The Kier molecular flexibility index (Phi) is 5.96. The van der Waals surface area contributed by atoms with E-state index in [1.165, 1.54) is 71.5 Å². The average Bonchev–Trinajstić information content (AvgIpc) is 3.71. The lowest BCUT2D eigenvalue weighted by Gasteiger charge is -2.20. The molecule has 0 bridgehead atoms. The summed E-state index contributed by atoms with van der Waals surface area (Å²) >= 11 is 0. The van der Waals surface area contributed by atoms with Crippen LogP contribution in [0.4, 0.5) is 0 Å². The maximum absolute atomic E-state index is 6.36. The number of rotatable bonds is 4. The predicted octanol–water partition coefficient (Wildman–Crippen LogP) is 13.0. The molecular weight excluding hydrogens is 621 g/mol. The smallest absolute Gasteiger partial charge is 0.152 e. The molecule has 0 saturated heterocycles. The Morgan fingerprint density at radius 2 is 0.804 bits per heavy atom. The summed E-state index contributed by atoms with van der Waals surface area (Å²) in [6, 6.07) is 65.6. The molecule has 0 amide bonds. The van der Waals surface area contributed by atoms with Crippen LogP contribution in [-0.2, 0) is 0 Å². The van der Waals surface area contributed by atoms with Crippen molar-refractivity contribution in [3.63, 3.8) is 0 Å². The summed E-state index contributed by atoms with van der Waals surface area (Å²) in [5.74, 6) is 1.77. The number of nitrogens with zero attached hydrogens (tertiary/aromatic N) is 2. The lowest BCUT2D eigenvalue weighted by Crippen LogP contribution is -2.03. The molecule has 0 saturated carbocycles. The van der Waals surface area contributed by atoms with Crippen molar-refractivity contribution >= 4 is 43.6 Å². The van der Waals surface area contributed by atoms with Gasteiger partial charge in [-0.05, 0) is 100 Å². The van der Waals surface area contributed by atoms with E-state index in [-0.39, 0.29) is 0 Å². The van der Waals surface area contributed by atoms with E-state index in [1.54, 1.807) is 0 Å². The molecule has 10 aromatic rings. The summed E-state index contributed by atoms with van der Waals surface area (Å²) < 4.78 is 11.1. The Labute approximate surface area is 294 Å². The molecule has 0 N–H and O–H groups in total. The molecule has 1 aliphatic heterocycles. The van der Waals surface area contributed by atoms with E-state index in [9.17, 15) is 0 Å². The highest BCUT2D eigenvalue weighted by atomic mass is 16.5. The molecule has 51 heavy (non-hydrogen) atoms. The molecule has 1 aliphatic rings. The molecule has 0 fully saturated rings. The average molecular weight is 651 g/mol. The van der Waals surface area contributed by atoms with Crippen molar-refractivity contribution in [3.8, 4) is 56.3 Å². The minimum absolute atomic E-state index is 0.879. The largest absolute Gasteiger partial charge is 0.453 e. The van der Waals surface area contributed by atoms with E-state index in [0.717, 1.165) is 28.4 Å². The van der Waals surface area contributed by atoms with Crippen molar-refractivity contribution in [2.24, 2.45) is 0 Å². The van der Waals surface area contributed by atoms with Gasteiger partial charge in [-0.15, -0.1) is 0 Å². The second-order valence-corrected chi connectivity index (χ2v) is 13.4. The molecule has 3 nitrogen and oxygen atoms in total. The summed E-state index contributed by atoms with van der Waals surface area (Å²) in [7, 11) is 0. The molecule has 2 aromatic heterocycles. The zero-order valence-electron chi connectivity index (χ0n) is 27.6. The molecule has 0 atom stereocenters. The van der Waals surface area contributed by atoms with Gasteiger partial charge in [-0.25, -0.2) is 0 Å². The molecule has 0 spiro atoms. The van der Waals surface area contributed by atoms with E-state index in [1.807, 2.05) is 12.1 Å². The van der Waals surface area contributed by atoms with Crippen LogP contribution in [0.1, 0.15) is 0 Å². The van der Waals surface area contributed by atoms with E-state index < -0.39 is 0 Å². The molecule has 11 rings (SSSR count). The van der Waals surface area contributed by atoms with E-state index >= 15 is 0 Å². The zero-order valence-corrected chi connectivity index (χ0v) is 27.6. The summed E-state index contributed by atoms with van der Waals surface area (Å²) in [6.45, 7) is 0. The number of benzene rings is 8. The van der Waals surface area contributed by atoms with Crippen LogP contribution < -0.4 is 4.74 Å². The van der Waals surface area contributed by atoms with Crippen LogP contribution in [0.25, 0.3) is 88.4 Å². The first-order valence-corrected chi connectivity index (χ1v) is 17.4. The fourth-order valence-electron chi connectivity index (χ4n) is 8.14. The number of aromatic nitrogens is 2. The van der Waals surface area contributed by atoms with Crippen molar-refractivity contribution in [1.82, 2.24) is 9.13 Å². The van der Waals surface area contributed by atoms with Crippen molar-refractivity contribution in [2.75, 3.05) is 0 Å². The first-order valence-electron chi connectivity index (χ1n) is 17.4. The second kappa shape index (κ2) is 10.8.